The van der Waals surface area contributed by atoms with Crippen LogP contribution in [0.5, 0.6) is 0 Å². The summed E-state index contributed by atoms with van der Waals surface area (Å²) in [4.78, 5) is 23.1. The van der Waals surface area contributed by atoms with E-state index in [4.69, 9.17) is 19.8 Å². The minimum Gasteiger partial charge on any atom is -0.475 e. The smallest absolute Gasteiger partial charge is 0.475 e. The predicted molar refractivity (Wildman–Crippen MR) is 119 cm³/mol. The minimum atomic E-state index is -5.08. The molecular formula is C22H33F6N5O4. The molecule has 0 unspecified atom stereocenters. The Kier molecular flexibility index (Phi) is 11.6. The topological polar surface area (TPSA) is 112 Å². The van der Waals surface area contributed by atoms with Crippen LogP contribution in [0.15, 0.2) is 6.20 Å². The molecule has 0 bridgehead atoms. The van der Waals surface area contributed by atoms with E-state index in [-0.39, 0.29) is 0 Å². The molecule has 15 heteroatoms. The quantitative estimate of drug-likeness (QED) is 0.544. The summed E-state index contributed by atoms with van der Waals surface area (Å²) < 4.78 is 65.6. The Balaban J connectivity index is 0.000000286. The molecule has 0 amide bonds. The molecule has 2 N–H and O–H groups in total. The van der Waals surface area contributed by atoms with Crippen LogP contribution < -0.4 is 0 Å². The van der Waals surface area contributed by atoms with Crippen LogP contribution in [0, 0.1) is 0 Å². The number of piperidine rings is 1. The van der Waals surface area contributed by atoms with Gasteiger partial charge >= 0.3 is 24.3 Å². The average Bonchev–Trinajstić information content (AvgIpc) is 3.08. The zero-order chi connectivity index (χ0) is 27.6. The van der Waals surface area contributed by atoms with Crippen LogP contribution in [0.4, 0.5) is 26.3 Å². The molecule has 2 aliphatic heterocycles. The molecule has 0 radical (unpaired) electrons. The lowest BCUT2D eigenvalue weighted by atomic mass is 9.89. The van der Waals surface area contributed by atoms with Crippen molar-refractivity contribution in [3.8, 4) is 0 Å². The monoisotopic (exact) mass is 545 g/mol. The molecule has 1 saturated carbocycles. The Morgan fingerprint density at radius 1 is 0.784 bits per heavy atom. The van der Waals surface area contributed by atoms with Crippen molar-refractivity contribution in [3.05, 3.63) is 11.9 Å². The van der Waals surface area contributed by atoms with Crippen molar-refractivity contribution in [2.45, 2.75) is 88.8 Å². The molecule has 2 saturated heterocycles. The van der Waals surface area contributed by atoms with Gasteiger partial charge in [-0.3, -0.25) is 4.90 Å². The van der Waals surface area contributed by atoms with Crippen molar-refractivity contribution >= 4 is 11.9 Å². The average molecular weight is 546 g/mol. The van der Waals surface area contributed by atoms with Gasteiger partial charge in [0.15, 0.2) is 0 Å². The van der Waals surface area contributed by atoms with Crippen molar-refractivity contribution in [1.82, 2.24) is 24.8 Å². The summed E-state index contributed by atoms with van der Waals surface area (Å²) in [5.74, 6) is -5.51. The number of rotatable bonds is 4. The third-order valence-electron chi connectivity index (χ3n) is 6.59. The fourth-order valence-corrected chi connectivity index (χ4v) is 4.36. The summed E-state index contributed by atoms with van der Waals surface area (Å²) in [6.45, 7) is 5.94. The Hall–Kier alpha value is -2.42. The van der Waals surface area contributed by atoms with Gasteiger partial charge in [0.2, 0.25) is 0 Å². The molecular weight excluding hydrogens is 512 g/mol. The maximum absolute atomic E-state index is 10.6. The van der Waals surface area contributed by atoms with Gasteiger partial charge in [0.05, 0.1) is 17.9 Å². The summed E-state index contributed by atoms with van der Waals surface area (Å²) >= 11 is 0. The predicted octanol–water partition coefficient (Wildman–Crippen LogP) is 4.11. The molecule has 1 aromatic heterocycles. The van der Waals surface area contributed by atoms with E-state index < -0.39 is 24.3 Å². The van der Waals surface area contributed by atoms with Crippen molar-refractivity contribution in [1.29, 1.82) is 0 Å². The first kappa shape index (κ1) is 30.8. The molecule has 37 heavy (non-hydrogen) atoms. The Morgan fingerprint density at radius 2 is 1.27 bits per heavy atom. The lowest BCUT2D eigenvalue weighted by molar-refractivity contribution is -0.193. The lowest BCUT2D eigenvalue weighted by Gasteiger charge is -2.41. The van der Waals surface area contributed by atoms with Gasteiger partial charge < -0.3 is 15.1 Å². The standard InChI is InChI=1S/C18H31N5.2C2HF3O2/c1-2-4-11-21(10-3-1)14-16-15-23(20-19-16)18-8-12-22(13-9-18)17-6-5-7-17;2*3-2(4,5)1(6)7/h15,17-18H,1-14H2;2*(H,6,7). The SMILES string of the molecule is O=C(O)C(F)(F)F.O=C(O)C(F)(F)F.c1c(CN2CCCCCC2)nnn1C1CCN(C2CCC2)CC1. The maximum Gasteiger partial charge on any atom is 0.490 e. The van der Waals surface area contributed by atoms with Gasteiger partial charge in [-0.25, -0.2) is 14.3 Å². The molecule has 3 heterocycles. The van der Waals surface area contributed by atoms with Crippen molar-refractivity contribution in [3.63, 3.8) is 0 Å². The van der Waals surface area contributed by atoms with Crippen molar-refractivity contribution in [2.24, 2.45) is 0 Å². The van der Waals surface area contributed by atoms with Crippen LogP contribution >= 0.6 is 0 Å². The molecule has 212 valence electrons. The number of likely N-dealkylation sites (tertiary alicyclic amines) is 2. The second-order valence-electron chi connectivity index (χ2n) is 9.34. The highest BCUT2D eigenvalue weighted by atomic mass is 19.4. The van der Waals surface area contributed by atoms with Gasteiger partial charge in [-0.1, -0.05) is 24.5 Å². The number of hydrogen-bond donors (Lipinski definition) is 2. The van der Waals surface area contributed by atoms with E-state index in [1.807, 2.05) is 0 Å². The number of aromatic nitrogens is 3. The van der Waals surface area contributed by atoms with Gasteiger partial charge in [0, 0.05) is 25.7 Å². The van der Waals surface area contributed by atoms with Crippen LogP contribution in [-0.2, 0) is 16.1 Å². The number of aliphatic carboxylic acids is 2. The Morgan fingerprint density at radius 3 is 1.68 bits per heavy atom. The van der Waals surface area contributed by atoms with Gasteiger partial charge in [0.25, 0.3) is 0 Å². The summed E-state index contributed by atoms with van der Waals surface area (Å²) in [5, 5.41) is 23.2. The summed E-state index contributed by atoms with van der Waals surface area (Å²) in [7, 11) is 0. The summed E-state index contributed by atoms with van der Waals surface area (Å²) in [6, 6.07) is 1.46. The van der Waals surface area contributed by atoms with Crippen molar-refractivity contribution in [2.75, 3.05) is 26.2 Å². The van der Waals surface area contributed by atoms with Crippen LogP contribution in [0.2, 0.25) is 0 Å². The van der Waals surface area contributed by atoms with E-state index in [9.17, 15) is 26.3 Å². The normalized spacial score (nSPS) is 20.5. The van der Waals surface area contributed by atoms with Crippen LogP contribution in [-0.4, -0.2) is 91.5 Å². The Bertz CT molecular complexity index is 819. The molecule has 1 aromatic rings. The number of carboxylic acid groups (broad SMARTS) is 2. The highest BCUT2D eigenvalue weighted by molar-refractivity contribution is 5.73. The fourth-order valence-electron chi connectivity index (χ4n) is 4.36. The minimum absolute atomic E-state index is 0.566. The number of hydrogen-bond acceptors (Lipinski definition) is 6. The molecule has 9 nitrogen and oxygen atoms in total. The van der Waals surface area contributed by atoms with E-state index in [0.29, 0.717) is 6.04 Å². The maximum atomic E-state index is 10.6. The van der Waals surface area contributed by atoms with Gasteiger partial charge in [0.1, 0.15) is 0 Å². The van der Waals surface area contributed by atoms with Gasteiger partial charge in [-0.05, 0) is 51.6 Å². The lowest BCUT2D eigenvalue weighted by Crippen LogP contribution is -2.45. The first-order chi connectivity index (χ1) is 17.3. The summed E-state index contributed by atoms with van der Waals surface area (Å²) in [5.41, 5.74) is 1.16. The molecule has 0 spiro atoms. The van der Waals surface area contributed by atoms with Crippen molar-refractivity contribution < 1.29 is 46.1 Å². The van der Waals surface area contributed by atoms with Crippen LogP contribution in [0.1, 0.15) is 69.5 Å². The van der Waals surface area contributed by atoms with E-state index >= 15 is 0 Å². The first-order valence-corrected chi connectivity index (χ1v) is 12.2. The Labute approximate surface area is 210 Å². The first-order valence-electron chi connectivity index (χ1n) is 12.2. The van der Waals surface area contributed by atoms with Gasteiger partial charge in [-0.15, -0.1) is 5.10 Å². The second-order valence-corrected chi connectivity index (χ2v) is 9.34. The third-order valence-corrected chi connectivity index (χ3v) is 6.59. The second kappa shape index (κ2) is 13.9. The number of halogens is 6. The number of alkyl halides is 6. The van der Waals surface area contributed by atoms with E-state index in [0.717, 1.165) is 18.3 Å². The highest BCUT2D eigenvalue weighted by Crippen LogP contribution is 2.30. The zero-order valence-electron chi connectivity index (χ0n) is 20.3. The molecule has 4 rings (SSSR count). The van der Waals surface area contributed by atoms with Crippen LogP contribution in [0.25, 0.3) is 0 Å². The fraction of sp³-hybridized carbons (Fsp3) is 0.818. The number of carboxylic acids is 2. The third kappa shape index (κ3) is 10.8. The number of carbonyl (C=O) groups is 2. The zero-order valence-corrected chi connectivity index (χ0v) is 20.3. The summed E-state index contributed by atoms with van der Waals surface area (Å²) in [6.07, 6.45) is 4.28. The molecule has 0 atom stereocenters. The van der Waals surface area contributed by atoms with E-state index in [2.05, 4.69) is 31.0 Å². The number of nitrogens with zero attached hydrogens (tertiary/aromatic N) is 5. The molecule has 3 aliphatic rings. The van der Waals surface area contributed by atoms with E-state index in [1.165, 1.54) is 84.0 Å². The van der Waals surface area contributed by atoms with Crippen LogP contribution in [0.3, 0.4) is 0 Å². The molecule has 1 aliphatic carbocycles. The van der Waals surface area contributed by atoms with E-state index in [1.54, 1.807) is 0 Å². The van der Waals surface area contributed by atoms with Gasteiger partial charge in [-0.2, -0.15) is 26.3 Å². The largest absolute Gasteiger partial charge is 0.490 e. The highest BCUT2D eigenvalue weighted by Gasteiger charge is 2.39. The molecule has 3 fully saturated rings. The molecule has 0 aromatic carbocycles.